The van der Waals surface area contributed by atoms with Gasteiger partial charge >= 0.3 is 0 Å². The van der Waals surface area contributed by atoms with E-state index in [0.29, 0.717) is 12.1 Å². The Morgan fingerprint density at radius 3 is 2.64 bits per heavy atom. The molecular weight excluding hydrogens is 442 g/mol. The molecule has 0 radical (unpaired) electrons. The van der Waals surface area contributed by atoms with Gasteiger partial charge in [-0.25, -0.2) is 4.98 Å². The monoisotopic (exact) mass is 465 g/mol. The average Bonchev–Trinajstić information content (AvgIpc) is 2.82. The van der Waals surface area contributed by atoms with Crippen molar-refractivity contribution in [1.29, 1.82) is 5.26 Å². The molecule has 0 fully saturated rings. The number of nitrogens with two attached hydrogens (primary N) is 1. The minimum absolute atomic E-state index is 0.0121. The first kappa shape index (κ1) is 24.1. The summed E-state index contributed by atoms with van der Waals surface area (Å²) in [4.78, 5) is 30.5. The van der Waals surface area contributed by atoms with Crippen molar-refractivity contribution >= 4 is 34.2 Å². The van der Waals surface area contributed by atoms with Crippen LogP contribution in [0.25, 0.3) is 10.9 Å². The van der Waals surface area contributed by atoms with Gasteiger partial charge in [0.15, 0.2) is 0 Å². The number of pyridine rings is 1. The molecule has 1 atom stereocenters. The Bertz CT molecular complexity index is 1270. The van der Waals surface area contributed by atoms with E-state index in [1.54, 1.807) is 19.1 Å². The molecule has 4 N–H and O–H groups in total. The van der Waals surface area contributed by atoms with Crippen molar-refractivity contribution in [3.63, 3.8) is 0 Å². The summed E-state index contributed by atoms with van der Waals surface area (Å²) in [5, 5.41) is 16.4. The first-order valence-corrected chi connectivity index (χ1v) is 10.7. The van der Waals surface area contributed by atoms with E-state index in [2.05, 4.69) is 15.6 Å². The first-order valence-electron chi connectivity index (χ1n) is 10.3. The fraction of sp³-hybridized carbons (Fsp3) is 0.250. The van der Waals surface area contributed by atoms with Crippen LogP contribution in [0.5, 0.6) is 5.75 Å². The molecule has 0 aliphatic rings. The number of nitrogens with one attached hydrogen (secondary N) is 2. The van der Waals surface area contributed by atoms with E-state index in [0.717, 1.165) is 11.1 Å². The van der Waals surface area contributed by atoms with Crippen LogP contribution in [-0.2, 0) is 10.5 Å². The first-order chi connectivity index (χ1) is 15.8. The maximum atomic E-state index is 13.3. The number of Topliss-reactive ketones (excluding diaryl/α,β-unsaturated/α-hetero) is 1. The van der Waals surface area contributed by atoms with Gasteiger partial charge in [0.25, 0.3) is 5.91 Å². The lowest BCUT2D eigenvalue weighted by Crippen LogP contribution is -2.55. The Kier molecular flexibility index (Phi) is 7.29. The number of aryl methyl sites for hydroxylation is 1. The van der Waals surface area contributed by atoms with E-state index in [1.807, 2.05) is 31.2 Å². The summed E-state index contributed by atoms with van der Waals surface area (Å²) in [6.07, 6.45) is 0. The van der Waals surface area contributed by atoms with Gasteiger partial charge in [-0.2, -0.15) is 5.26 Å². The summed E-state index contributed by atoms with van der Waals surface area (Å²) in [5.41, 5.74) is 5.09. The number of amides is 1. The number of hydrogen-bond donors (Lipinski definition) is 3. The molecule has 0 spiro atoms. The third-order valence-electron chi connectivity index (χ3n) is 5.22. The van der Waals surface area contributed by atoms with E-state index in [9.17, 15) is 14.9 Å². The summed E-state index contributed by atoms with van der Waals surface area (Å²) in [7, 11) is 1.49. The molecule has 2 aromatic carbocycles. The van der Waals surface area contributed by atoms with Crippen LogP contribution in [-0.4, -0.2) is 36.8 Å². The molecular formula is C24H24ClN5O3. The summed E-state index contributed by atoms with van der Waals surface area (Å²) in [6, 6.07) is 14.0. The molecule has 1 heterocycles. The van der Waals surface area contributed by atoms with E-state index < -0.39 is 24.0 Å². The number of hydrogen-bond acceptors (Lipinski definition) is 7. The van der Waals surface area contributed by atoms with Crippen LogP contribution in [0.2, 0.25) is 5.02 Å². The average molecular weight is 466 g/mol. The van der Waals surface area contributed by atoms with Gasteiger partial charge in [-0.1, -0.05) is 29.8 Å². The largest absolute Gasteiger partial charge is 0.459 e. The van der Waals surface area contributed by atoms with Gasteiger partial charge in [-0.05, 0) is 45.2 Å². The molecule has 0 bridgehead atoms. The van der Waals surface area contributed by atoms with Gasteiger partial charge in [0.05, 0.1) is 28.3 Å². The third kappa shape index (κ3) is 4.39. The zero-order valence-corrected chi connectivity index (χ0v) is 19.3. The van der Waals surface area contributed by atoms with Gasteiger partial charge in [-0.3, -0.25) is 14.9 Å². The lowest BCUT2D eigenvalue weighted by atomic mass is 9.90. The van der Waals surface area contributed by atoms with E-state index >= 15 is 0 Å². The number of halogens is 1. The van der Waals surface area contributed by atoms with Gasteiger partial charge in [0, 0.05) is 17.6 Å². The van der Waals surface area contributed by atoms with Crippen molar-refractivity contribution in [2.24, 2.45) is 5.73 Å². The highest BCUT2D eigenvalue weighted by Gasteiger charge is 2.45. The molecule has 9 heteroatoms. The van der Waals surface area contributed by atoms with Crippen molar-refractivity contribution in [3.8, 4) is 11.8 Å². The predicted octanol–water partition coefficient (Wildman–Crippen LogP) is 2.80. The van der Waals surface area contributed by atoms with Crippen LogP contribution in [0.1, 0.15) is 34.1 Å². The molecule has 8 nitrogen and oxygen atoms in total. The summed E-state index contributed by atoms with van der Waals surface area (Å²) >= 11 is 6.52. The van der Waals surface area contributed by atoms with Crippen LogP contribution in [0.15, 0.2) is 42.5 Å². The fourth-order valence-electron chi connectivity index (χ4n) is 3.65. The van der Waals surface area contributed by atoms with Crippen LogP contribution in [0.4, 0.5) is 0 Å². The Morgan fingerprint density at radius 2 is 2.00 bits per heavy atom. The van der Waals surface area contributed by atoms with Crippen molar-refractivity contribution in [1.82, 2.24) is 15.6 Å². The number of carbonyl (C=O) groups is 2. The maximum absolute atomic E-state index is 13.3. The minimum atomic E-state index is -1.95. The molecule has 1 unspecified atom stereocenters. The summed E-state index contributed by atoms with van der Waals surface area (Å²) in [6.45, 7) is 3.55. The lowest BCUT2D eigenvalue weighted by Gasteiger charge is -2.34. The SMILES string of the molecule is CCNC(=O)c1ccc(Cl)c(C(NC)(Oc2cccc3ccc(C)nc23)C(=O)CN)c1C#N. The third-order valence-corrected chi connectivity index (χ3v) is 5.53. The highest BCUT2D eigenvalue weighted by atomic mass is 35.5. The second-order valence-corrected chi connectivity index (χ2v) is 7.66. The number of rotatable bonds is 8. The van der Waals surface area contributed by atoms with Gasteiger partial charge in [0.2, 0.25) is 11.5 Å². The second kappa shape index (κ2) is 9.96. The van der Waals surface area contributed by atoms with Crippen molar-refractivity contribution in [2.75, 3.05) is 20.1 Å². The van der Waals surface area contributed by atoms with Crippen LogP contribution in [0, 0.1) is 18.3 Å². The van der Waals surface area contributed by atoms with E-state index in [1.165, 1.54) is 19.2 Å². The minimum Gasteiger partial charge on any atom is -0.459 e. The quantitative estimate of drug-likeness (QED) is 0.436. The van der Waals surface area contributed by atoms with Crippen LogP contribution < -0.4 is 21.1 Å². The van der Waals surface area contributed by atoms with Gasteiger partial charge in [-0.15, -0.1) is 0 Å². The lowest BCUT2D eigenvalue weighted by molar-refractivity contribution is -0.136. The van der Waals surface area contributed by atoms with Crippen LogP contribution >= 0.6 is 11.6 Å². The van der Waals surface area contributed by atoms with E-state index in [4.69, 9.17) is 22.1 Å². The highest BCUT2D eigenvalue weighted by molar-refractivity contribution is 6.32. The zero-order valence-electron chi connectivity index (χ0n) is 18.5. The Balaban J connectivity index is 2.33. The predicted molar refractivity (Wildman–Crippen MR) is 126 cm³/mol. The number of carbonyl (C=O) groups excluding carboxylic acids is 2. The normalized spacial score (nSPS) is 12.6. The summed E-state index contributed by atoms with van der Waals surface area (Å²) in [5.74, 6) is -0.767. The molecule has 0 aliphatic carbocycles. The van der Waals surface area contributed by atoms with Crippen molar-refractivity contribution in [3.05, 3.63) is 69.9 Å². The maximum Gasteiger partial charge on any atom is 0.252 e. The number of nitrogens with zero attached hydrogens (tertiary/aromatic N) is 2. The molecule has 0 saturated carbocycles. The summed E-state index contributed by atoms with van der Waals surface area (Å²) < 4.78 is 6.31. The zero-order chi connectivity index (χ0) is 24.2. The Morgan fingerprint density at radius 1 is 1.24 bits per heavy atom. The van der Waals surface area contributed by atoms with Crippen molar-refractivity contribution < 1.29 is 14.3 Å². The molecule has 3 aromatic rings. The Labute approximate surface area is 196 Å². The molecule has 33 heavy (non-hydrogen) atoms. The van der Waals surface area contributed by atoms with Crippen molar-refractivity contribution in [2.45, 2.75) is 19.6 Å². The second-order valence-electron chi connectivity index (χ2n) is 7.26. The number of ketones is 1. The number of benzene rings is 2. The molecule has 0 saturated heterocycles. The molecule has 170 valence electrons. The number of fused-ring (bicyclic) bond motifs is 1. The standard InChI is InChI=1S/C24H24ClN5O3/c1-4-29-23(32)16-10-11-18(25)21(17(16)12-26)24(28-3,20(31)13-27)33-19-7-5-6-15-9-8-14(2)30-22(15)19/h5-11,28H,4,13,27H2,1-3H3,(H,29,32). The number of ether oxygens (including phenoxy) is 1. The number of aromatic nitrogens is 1. The van der Waals surface area contributed by atoms with E-state index in [-0.39, 0.29) is 27.5 Å². The fourth-order valence-corrected chi connectivity index (χ4v) is 3.94. The van der Waals surface area contributed by atoms with Crippen LogP contribution in [0.3, 0.4) is 0 Å². The number of nitriles is 1. The molecule has 3 rings (SSSR count). The Hall–Kier alpha value is -3.51. The molecule has 0 aliphatic heterocycles. The number of likely N-dealkylation sites (N-methyl/N-ethyl adjacent to an activating group) is 1. The van der Waals surface area contributed by atoms with Gasteiger partial charge < -0.3 is 15.8 Å². The smallest absolute Gasteiger partial charge is 0.252 e. The molecule has 1 amide bonds. The number of para-hydroxylation sites is 1. The topological polar surface area (TPSA) is 130 Å². The highest BCUT2D eigenvalue weighted by Crippen LogP contribution is 2.37. The van der Waals surface area contributed by atoms with Gasteiger partial charge in [0.1, 0.15) is 17.3 Å². The molecule has 1 aromatic heterocycles.